The second-order valence-electron chi connectivity index (χ2n) is 5.62. The van der Waals surface area contributed by atoms with Crippen LogP contribution < -0.4 is 0 Å². The SMILES string of the molecule is CCCC=CC(C)C(CCCCC)C(C)CC. The Labute approximate surface area is 110 Å². The second kappa shape index (κ2) is 10.9. The highest BCUT2D eigenvalue weighted by atomic mass is 14.2. The van der Waals surface area contributed by atoms with E-state index in [1.54, 1.807) is 0 Å². The molecule has 0 aliphatic rings. The van der Waals surface area contributed by atoms with Crippen LogP contribution in [0.2, 0.25) is 0 Å². The molecule has 3 unspecified atom stereocenters. The van der Waals surface area contributed by atoms with E-state index in [1.165, 1.54) is 44.9 Å². The summed E-state index contributed by atoms with van der Waals surface area (Å²) in [6.07, 6.45) is 14.3. The van der Waals surface area contributed by atoms with Crippen molar-refractivity contribution >= 4 is 0 Å². The van der Waals surface area contributed by atoms with Crippen LogP contribution in [0.3, 0.4) is 0 Å². The minimum Gasteiger partial charge on any atom is -0.0883 e. The van der Waals surface area contributed by atoms with Gasteiger partial charge < -0.3 is 0 Å². The Morgan fingerprint density at radius 2 is 1.65 bits per heavy atom. The molecular formula is C17H34. The fourth-order valence-electron chi connectivity index (χ4n) is 2.62. The highest BCUT2D eigenvalue weighted by Gasteiger charge is 2.20. The van der Waals surface area contributed by atoms with E-state index in [0.717, 1.165) is 17.8 Å². The van der Waals surface area contributed by atoms with Gasteiger partial charge in [0.2, 0.25) is 0 Å². The highest BCUT2D eigenvalue weighted by Crippen LogP contribution is 2.30. The van der Waals surface area contributed by atoms with Crippen molar-refractivity contribution in [2.24, 2.45) is 17.8 Å². The summed E-state index contributed by atoms with van der Waals surface area (Å²) in [6, 6.07) is 0. The largest absolute Gasteiger partial charge is 0.0883 e. The number of allylic oxidation sites excluding steroid dienone is 2. The molecule has 0 heteroatoms. The number of hydrogen-bond donors (Lipinski definition) is 0. The summed E-state index contributed by atoms with van der Waals surface area (Å²) in [5.74, 6) is 2.51. The Kier molecular flexibility index (Phi) is 10.7. The van der Waals surface area contributed by atoms with Crippen LogP contribution in [0.15, 0.2) is 12.2 Å². The molecule has 0 aromatic rings. The van der Waals surface area contributed by atoms with Gasteiger partial charge in [0.25, 0.3) is 0 Å². The van der Waals surface area contributed by atoms with Gasteiger partial charge in [0.05, 0.1) is 0 Å². The van der Waals surface area contributed by atoms with Gasteiger partial charge in [-0.3, -0.25) is 0 Å². The molecule has 0 fully saturated rings. The second-order valence-corrected chi connectivity index (χ2v) is 5.62. The van der Waals surface area contributed by atoms with E-state index < -0.39 is 0 Å². The first-order valence-corrected chi connectivity index (χ1v) is 7.83. The van der Waals surface area contributed by atoms with Crippen molar-refractivity contribution < 1.29 is 0 Å². The molecule has 102 valence electrons. The van der Waals surface area contributed by atoms with Gasteiger partial charge in [0, 0.05) is 0 Å². The van der Waals surface area contributed by atoms with Gasteiger partial charge in [0.15, 0.2) is 0 Å². The van der Waals surface area contributed by atoms with Crippen molar-refractivity contribution in [2.75, 3.05) is 0 Å². The summed E-state index contributed by atoms with van der Waals surface area (Å²) in [5, 5.41) is 0. The fourth-order valence-corrected chi connectivity index (χ4v) is 2.62. The minimum absolute atomic E-state index is 0.758. The first-order chi connectivity index (χ1) is 8.17. The van der Waals surface area contributed by atoms with E-state index in [1.807, 2.05) is 0 Å². The third-order valence-electron chi connectivity index (χ3n) is 4.09. The Bertz CT molecular complexity index is 180. The Morgan fingerprint density at radius 3 is 2.18 bits per heavy atom. The lowest BCUT2D eigenvalue weighted by Crippen LogP contribution is -2.18. The van der Waals surface area contributed by atoms with Crippen LogP contribution in [0.5, 0.6) is 0 Å². The molecule has 0 bridgehead atoms. The van der Waals surface area contributed by atoms with Gasteiger partial charge in [-0.1, -0.05) is 78.9 Å². The van der Waals surface area contributed by atoms with E-state index >= 15 is 0 Å². The summed E-state index contributed by atoms with van der Waals surface area (Å²) < 4.78 is 0. The molecule has 0 heterocycles. The molecule has 3 atom stereocenters. The van der Waals surface area contributed by atoms with E-state index in [-0.39, 0.29) is 0 Å². The number of unbranched alkanes of at least 4 members (excludes halogenated alkanes) is 3. The average molecular weight is 238 g/mol. The lowest BCUT2D eigenvalue weighted by molar-refractivity contribution is 0.259. The first-order valence-electron chi connectivity index (χ1n) is 7.83. The van der Waals surface area contributed by atoms with Crippen LogP contribution in [0, 0.1) is 17.8 Å². The van der Waals surface area contributed by atoms with Crippen LogP contribution in [-0.2, 0) is 0 Å². The lowest BCUT2D eigenvalue weighted by Gasteiger charge is -2.27. The Morgan fingerprint density at radius 1 is 0.941 bits per heavy atom. The van der Waals surface area contributed by atoms with E-state index in [0.29, 0.717) is 0 Å². The van der Waals surface area contributed by atoms with Gasteiger partial charge >= 0.3 is 0 Å². The van der Waals surface area contributed by atoms with Crippen molar-refractivity contribution in [3.05, 3.63) is 12.2 Å². The molecule has 0 amide bonds. The normalized spacial score (nSPS) is 17.2. The first kappa shape index (κ1) is 16.7. The topological polar surface area (TPSA) is 0 Å². The predicted octanol–water partition coefficient (Wildman–Crippen LogP) is 6.22. The van der Waals surface area contributed by atoms with E-state index in [2.05, 4.69) is 46.8 Å². The molecular weight excluding hydrogens is 204 g/mol. The zero-order valence-electron chi connectivity index (χ0n) is 12.8. The van der Waals surface area contributed by atoms with Crippen LogP contribution in [0.1, 0.15) is 79.6 Å². The molecule has 0 radical (unpaired) electrons. The maximum atomic E-state index is 2.46. The minimum atomic E-state index is 0.758. The van der Waals surface area contributed by atoms with Crippen molar-refractivity contribution in [3.63, 3.8) is 0 Å². The summed E-state index contributed by atoms with van der Waals surface area (Å²) in [5.41, 5.74) is 0. The zero-order valence-corrected chi connectivity index (χ0v) is 12.8. The standard InChI is InChI=1S/C17H34/c1-6-9-11-13-16(5)17(15(4)8-3)14-12-10-7-2/h11,13,15-17H,6-10,12,14H2,1-5H3. The van der Waals surface area contributed by atoms with Gasteiger partial charge in [-0.15, -0.1) is 0 Å². The smallest absolute Gasteiger partial charge is 0.0231 e. The molecule has 0 spiro atoms. The summed E-state index contributed by atoms with van der Waals surface area (Å²) in [6.45, 7) is 11.7. The molecule has 0 N–H and O–H groups in total. The van der Waals surface area contributed by atoms with Gasteiger partial charge in [-0.05, 0) is 30.6 Å². The monoisotopic (exact) mass is 238 g/mol. The van der Waals surface area contributed by atoms with Crippen LogP contribution >= 0.6 is 0 Å². The summed E-state index contributed by atoms with van der Waals surface area (Å²) in [7, 11) is 0. The number of hydrogen-bond acceptors (Lipinski definition) is 0. The zero-order chi connectivity index (χ0) is 13.1. The molecule has 0 aliphatic carbocycles. The van der Waals surface area contributed by atoms with Crippen LogP contribution in [0.4, 0.5) is 0 Å². The van der Waals surface area contributed by atoms with E-state index in [9.17, 15) is 0 Å². The third kappa shape index (κ3) is 7.63. The molecule has 17 heavy (non-hydrogen) atoms. The molecule has 0 aromatic heterocycles. The number of rotatable bonds is 10. The van der Waals surface area contributed by atoms with Crippen molar-refractivity contribution in [1.82, 2.24) is 0 Å². The summed E-state index contributed by atoms with van der Waals surface area (Å²) >= 11 is 0. The fraction of sp³-hybridized carbons (Fsp3) is 0.882. The van der Waals surface area contributed by atoms with Crippen LogP contribution in [0.25, 0.3) is 0 Å². The maximum absolute atomic E-state index is 2.46. The van der Waals surface area contributed by atoms with Crippen molar-refractivity contribution in [2.45, 2.75) is 79.6 Å². The molecule has 0 rings (SSSR count). The Balaban J connectivity index is 4.23. The highest BCUT2D eigenvalue weighted by molar-refractivity contribution is 4.90. The van der Waals surface area contributed by atoms with Gasteiger partial charge in [-0.2, -0.15) is 0 Å². The molecule has 0 aromatic carbocycles. The lowest BCUT2D eigenvalue weighted by atomic mass is 9.78. The molecule has 0 aliphatic heterocycles. The molecule has 0 saturated heterocycles. The van der Waals surface area contributed by atoms with Crippen LogP contribution in [-0.4, -0.2) is 0 Å². The van der Waals surface area contributed by atoms with Gasteiger partial charge in [0.1, 0.15) is 0 Å². The van der Waals surface area contributed by atoms with Crippen molar-refractivity contribution in [3.8, 4) is 0 Å². The predicted molar refractivity (Wildman–Crippen MR) is 80.3 cm³/mol. The third-order valence-corrected chi connectivity index (χ3v) is 4.09. The van der Waals surface area contributed by atoms with E-state index in [4.69, 9.17) is 0 Å². The van der Waals surface area contributed by atoms with Gasteiger partial charge in [-0.25, -0.2) is 0 Å². The average Bonchev–Trinajstić information content (AvgIpc) is 2.34. The summed E-state index contributed by atoms with van der Waals surface area (Å²) in [4.78, 5) is 0. The Hall–Kier alpha value is -0.260. The molecule has 0 nitrogen and oxygen atoms in total. The van der Waals surface area contributed by atoms with Crippen molar-refractivity contribution in [1.29, 1.82) is 0 Å². The molecule has 0 saturated carbocycles. The quantitative estimate of drug-likeness (QED) is 0.313. The maximum Gasteiger partial charge on any atom is -0.0231 e.